The number of carbonyl (C=O) groups excluding carboxylic acids is 2. The topological polar surface area (TPSA) is 58.2 Å². The van der Waals surface area contributed by atoms with E-state index in [-0.39, 0.29) is 24.3 Å². The highest BCUT2D eigenvalue weighted by atomic mass is 16.2. The molecule has 0 heterocycles. The highest BCUT2D eigenvalue weighted by Gasteiger charge is 2.14. The second-order valence-electron chi connectivity index (χ2n) is 3.93. The second-order valence-corrected chi connectivity index (χ2v) is 3.93. The number of hydrogen-bond donors (Lipinski definition) is 2. The van der Waals surface area contributed by atoms with E-state index in [1.807, 2.05) is 13.8 Å². The largest absolute Gasteiger partial charge is 0.355 e. The SMILES string of the molecule is CCCCNC(=O)CNC(=O)C(CC)CC. The molecule has 2 amide bonds. The lowest BCUT2D eigenvalue weighted by Gasteiger charge is -2.12. The van der Waals surface area contributed by atoms with E-state index in [1.54, 1.807) is 0 Å². The molecule has 0 saturated carbocycles. The third-order valence-electron chi connectivity index (χ3n) is 2.63. The van der Waals surface area contributed by atoms with Gasteiger partial charge in [0.25, 0.3) is 0 Å². The molecule has 0 unspecified atom stereocenters. The van der Waals surface area contributed by atoms with E-state index < -0.39 is 0 Å². The molecule has 0 aliphatic carbocycles. The minimum Gasteiger partial charge on any atom is -0.355 e. The first kappa shape index (κ1) is 14.9. The van der Waals surface area contributed by atoms with E-state index in [1.165, 1.54) is 0 Å². The highest BCUT2D eigenvalue weighted by Crippen LogP contribution is 2.06. The molecule has 0 aromatic carbocycles. The average molecular weight is 228 g/mol. The van der Waals surface area contributed by atoms with Gasteiger partial charge >= 0.3 is 0 Å². The molecule has 94 valence electrons. The smallest absolute Gasteiger partial charge is 0.239 e. The van der Waals surface area contributed by atoms with Gasteiger partial charge in [-0.1, -0.05) is 27.2 Å². The van der Waals surface area contributed by atoms with Crippen LogP contribution in [0.5, 0.6) is 0 Å². The Hall–Kier alpha value is -1.06. The van der Waals surface area contributed by atoms with Crippen LogP contribution >= 0.6 is 0 Å². The van der Waals surface area contributed by atoms with Gasteiger partial charge in [-0.05, 0) is 19.3 Å². The minimum absolute atomic E-state index is 0.0179. The van der Waals surface area contributed by atoms with Gasteiger partial charge in [0.15, 0.2) is 0 Å². The quantitative estimate of drug-likeness (QED) is 0.618. The molecule has 0 rings (SSSR count). The average Bonchev–Trinajstić information content (AvgIpc) is 2.28. The Kier molecular flexibility index (Phi) is 8.58. The van der Waals surface area contributed by atoms with Gasteiger partial charge in [0.2, 0.25) is 11.8 Å². The van der Waals surface area contributed by atoms with Crippen LogP contribution in [0.3, 0.4) is 0 Å². The summed E-state index contributed by atoms with van der Waals surface area (Å²) in [5, 5.41) is 5.42. The zero-order valence-corrected chi connectivity index (χ0v) is 10.6. The molecule has 0 saturated heterocycles. The molecule has 4 heteroatoms. The number of unbranched alkanes of at least 4 members (excludes halogenated alkanes) is 1. The summed E-state index contributed by atoms with van der Waals surface area (Å²) >= 11 is 0. The van der Waals surface area contributed by atoms with Crippen LogP contribution in [0.4, 0.5) is 0 Å². The summed E-state index contributed by atoms with van der Waals surface area (Å²) in [4.78, 5) is 22.8. The van der Waals surface area contributed by atoms with Crippen LogP contribution in [0.15, 0.2) is 0 Å². The van der Waals surface area contributed by atoms with Crippen LogP contribution in [0.2, 0.25) is 0 Å². The molecule has 4 nitrogen and oxygen atoms in total. The molecule has 0 radical (unpaired) electrons. The molecule has 0 aliphatic rings. The summed E-state index contributed by atoms with van der Waals surface area (Å²) in [6, 6.07) is 0. The zero-order chi connectivity index (χ0) is 12.4. The molecular weight excluding hydrogens is 204 g/mol. The Bertz CT molecular complexity index is 213. The maximum atomic E-state index is 11.5. The van der Waals surface area contributed by atoms with Gasteiger partial charge in [0.05, 0.1) is 6.54 Å². The van der Waals surface area contributed by atoms with Gasteiger partial charge in [-0.3, -0.25) is 9.59 Å². The molecule has 0 aliphatic heterocycles. The van der Waals surface area contributed by atoms with Crippen LogP contribution in [-0.2, 0) is 9.59 Å². The lowest BCUT2D eigenvalue weighted by atomic mass is 10.0. The van der Waals surface area contributed by atoms with E-state index in [9.17, 15) is 9.59 Å². The van der Waals surface area contributed by atoms with E-state index >= 15 is 0 Å². The predicted molar refractivity (Wildman–Crippen MR) is 65.0 cm³/mol. The molecule has 0 fully saturated rings. The van der Waals surface area contributed by atoms with Crippen LogP contribution in [0.1, 0.15) is 46.5 Å². The maximum Gasteiger partial charge on any atom is 0.239 e. The van der Waals surface area contributed by atoms with Gasteiger partial charge in [-0.15, -0.1) is 0 Å². The fraction of sp³-hybridized carbons (Fsp3) is 0.833. The first-order chi connectivity index (χ1) is 7.65. The van der Waals surface area contributed by atoms with Crippen molar-refractivity contribution in [2.45, 2.75) is 46.5 Å². The van der Waals surface area contributed by atoms with Crippen molar-refractivity contribution in [1.29, 1.82) is 0 Å². The zero-order valence-electron chi connectivity index (χ0n) is 10.6. The van der Waals surface area contributed by atoms with Crippen molar-refractivity contribution >= 4 is 11.8 Å². The first-order valence-corrected chi connectivity index (χ1v) is 6.20. The van der Waals surface area contributed by atoms with Crippen LogP contribution in [0, 0.1) is 5.92 Å². The molecular formula is C12H24N2O2. The van der Waals surface area contributed by atoms with E-state index in [0.29, 0.717) is 6.54 Å². The number of rotatable bonds is 8. The predicted octanol–water partition coefficient (Wildman–Crippen LogP) is 1.46. The molecule has 0 aromatic heterocycles. The number of nitrogens with one attached hydrogen (secondary N) is 2. The van der Waals surface area contributed by atoms with Crippen molar-refractivity contribution in [3.63, 3.8) is 0 Å². The number of carbonyl (C=O) groups is 2. The minimum atomic E-state index is -0.104. The molecule has 0 bridgehead atoms. The van der Waals surface area contributed by atoms with Crippen molar-refractivity contribution in [3.05, 3.63) is 0 Å². The summed E-state index contributed by atoms with van der Waals surface area (Å²) in [5.41, 5.74) is 0. The second kappa shape index (κ2) is 9.19. The first-order valence-electron chi connectivity index (χ1n) is 6.20. The fourth-order valence-electron chi connectivity index (χ4n) is 1.44. The van der Waals surface area contributed by atoms with Gasteiger partial charge in [0.1, 0.15) is 0 Å². The lowest BCUT2D eigenvalue weighted by Crippen LogP contribution is -2.39. The van der Waals surface area contributed by atoms with Crippen molar-refractivity contribution in [2.75, 3.05) is 13.1 Å². The fourth-order valence-corrected chi connectivity index (χ4v) is 1.44. The molecule has 2 N–H and O–H groups in total. The standard InChI is InChI=1S/C12H24N2O2/c1-4-7-8-13-11(15)9-14-12(16)10(5-2)6-3/h10H,4-9H2,1-3H3,(H,13,15)(H,14,16). The van der Waals surface area contributed by atoms with E-state index in [0.717, 1.165) is 25.7 Å². The number of amides is 2. The highest BCUT2D eigenvalue weighted by molar-refractivity contribution is 5.85. The normalized spacial score (nSPS) is 10.2. The van der Waals surface area contributed by atoms with Gasteiger partial charge in [-0.25, -0.2) is 0 Å². The van der Waals surface area contributed by atoms with Crippen LogP contribution in [0.25, 0.3) is 0 Å². The molecule has 0 aromatic rings. The summed E-state index contributed by atoms with van der Waals surface area (Å²) in [6.45, 7) is 6.82. The maximum absolute atomic E-state index is 11.5. The van der Waals surface area contributed by atoms with Crippen molar-refractivity contribution in [1.82, 2.24) is 10.6 Å². The van der Waals surface area contributed by atoms with E-state index in [4.69, 9.17) is 0 Å². The van der Waals surface area contributed by atoms with E-state index in [2.05, 4.69) is 17.6 Å². The Morgan fingerprint density at radius 3 is 2.19 bits per heavy atom. The summed E-state index contributed by atoms with van der Waals surface area (Å²) in [6.07, 6.45) is 3.67. The van der Waals surface area contributed by atoms with Gasteiger partial charge in [0, 0.05) is 12.5 Å². The van der Waals surface area contributed by atoms with Crippen molar-refractivity contribution in [2.24, 2.45) is 5.92 Å². The van der Waals surface area contributed by atoms with Crippen molar-refractivity contribution in [3.8, 4) is 0 Å². The Morgan fingerprint density at radius 2 is 1.69 bits per heavy atom. The van der Waals surface area contributed by atoms with Gasteiger partial charge in [-0.2, -0.15) is 0 Å². The molecule has 16 heavy (non-hydrogen) atoms. The van der Waals surface area contributed by atoms with Crippen LogP contribution < -0.4 is 10.6 Å². The molecule has 0 atom stereocenters. The Balaban J connectivity index is 3.70. The summed E-state index contributed by atoms with van der Waals surface area (Å²) in [7, 11) is 0. The Labute approximate surface area is 98.2 Å². The lowest BCUT2D eigenvalue weighted by molar-refractivity contribution is -0.128. The molecule has 0 spiro atoms. The third kappa shape index (κ3) is 6.43. The van der Waals surface area contributed by atoms with Crippen LogP contribution in [-0.4, -0.2) is 24.9 Å². The van der Waals surface area contributed by atoms with Gasteiger partial charge < -0.3 is 10.6 Å². The monoisotopic (exact) mass is 228 g/mol. The third-order valence-corrected chi connectivity index (χ3v) is 2.63. The number of hydrogen-bond acceptors (Lipinski definition) is 2. The summed E-state index contributed by atoms with van der Waals surface area (Å²) in [5.74, 6) is -0.0909. The van der Waals surface area contributed by atoms with Crippen molar-refractivity contribution < 1.29 is 9.59 Å². The summed E-state index contributed by atoms with van der Waals surface area (Å²) < 4.78 is 0. The Morgan fingerprint density at radius 1 is 1.06 bits per heavy atom.